The molecule has 1 aliphatic carbocycles. The quantitative estimate of drug-likeness (QED) is 0.454. The van der Waals surface area contributed by atoms with E-state index in [4.69, 9.17) is 11.6 Å². The Morgan fingerprint density at radius 2 is 2.08 bits per heavy atom. The van der Waals surface area contributed by atoms with Gasteiger partial charge in [-0.1, -0.05) is 18.1 Å². The lowest BCUT2D eigenvalue weighted by molar-refractivity contribution is -0.114. The average Bonchev–Trinajstić information content (AvgIpc) is 2.30. The summed E-state index contributed by atoms with van der Waals surface area (Å²) in [4.78, 5) is 11.1. The van der Waals surface area contributed by atoms with Crippen LogP contribution in [-0.4, -0.2) is 5.24 Å². The first-order valence-corrected chi connectivity index (χ1v) is 4.77. The number of hydrogen-bond donors (Lipinski definition) is 0. The van der Waals surface area contributed by atoms with Crippen LogP contribution in [0.5, 0.6) is 0 Å². The van der Waals surface area contributed by atoms with Crippen molar-refractivity contribution in [3.05, 3.63) is 11.1 Å². The summed E-state index contributed by atoms with van der Waals surface area (Å²) in [5.74, 6) is 0.427. The van der Waals surface area contributed by atoms with Crippen molar-refractivity contribution in [2.45, 2.75) is 33.6 Å². The fourth-order valence-corrected chi connectivity index (χ4v) is 2.32. The van der Waals surface area contributed by atoms with Gasteiger partial charge in [-0.05, 0) is 44.2 Å². The van der Waals surface area contributed by atoms with Crippen molar-refractivity contribution >= 4 is 16.8 Å². The van der Waals surface area contributed by atoms with Gasteiger partial charge in [0.05, 0.1) is 5.92 Å². The van der Waals surface area contributed by atoms with Crippen LogP contribution in [0.15, 0.2) is 11.1 Å². The molecule has 1 saturated carbocycles. The summed E-state index contributed by atoms with van der Waals surface area (Å²) < 4.78 is 0. The first kappa shape index (κ1) is 9.79. The van der Waals surface area contributed by atoms with E-state index in [1.165, 1.54) is 11.1 Å². The van der Waals surface area contributed by atoms with Gasteiger partial charge >= 0.3 is 0 Å². The van der Waals surface area contributed by atoms with E-state index in [0.29, 0.717) is 5.92 Å². The zero-order valence-corrected chi connectivity index (χ0v) is 8.61. The normalized spacial score (nSPS) is 29.2. The van der Waals surface area contributed by atoms with E-state index < -0.39 is 0 Å². The van der Waals surface area contributed by atoms with Crippen molar-refractivity contribution in [2.24, 2.45) is 11.8 Å². The van der Waals surface area contributed by atoms with Crippen LogP contribution in [0.4, 0.5) is 0 Å². The van der Waals surface area contributed by atoms with Gasteiger partial charge in [0.15, 0.2) is 0 Å². The maximum Gasteiger partial charge on any atom is 0.229 e. The SMILES string of the molecule is CC(C)=C1CC[C@@H](C)[C@@H]1C(=O)Cl. The van der Waals surface area contributed by atoms with Gasteiger partial charge in [-0.3, -0.25) is 4.79 Å². The molecule has 2 atom stereocenters. The molecule has 1 nitrogen and oxygen atoms in total. The van der Waals surface area contributed by atoms with E-state index >= 15 is 0 Å². The van der Waals surface area contributed by atoms with Crippen LogP contribution in [0.1, 0.15) is 33.6 Å². The molecule has 2 heteroatoms. The van der Waals surface area contributed by atoms with Crippen molar-refractivity contribution in [1.82, 2.24) is 0 Å². The predicted octanol–water partition coefficient (Wildman–Crippen LogP) is 3.13. The molecule has 0 aromatic rings. The molecule has 1 fully saturated rings. The minimum atomic E-state index is -0.184. The van der Waals surface area contributed by atoms with E-state index in [1.54, 1.807) is 0 Å². The second kappa shape index (κ2) is 3.61. The lowest BCUT2D eigenvalue weighted by atomic mass is 9.94. The van der Waals surface area contributed by atoms with E-state index in [0.717, 1.165) is 12.8 Å². The Kier molecular flexibility index (Phi) is 2.94. The molecule has 0 radical (unpaired) electrons. The second-order valence-electron chi connectivity index (χ2n) is 3.82. The Morgan fingerprint density at radius 1 is 1.50 bits per heavy atom. The van der Waals surface area contributed by atoms with Gasteiger partial charge in [0, 0.05) is 0 Å². The van der Waals surface area contributed by atoms with Gasteiger partial charge in [-0.2, -0.15) is 0 Å². The third-order valence-electron chi connectivity index (χ3n) is 2.70. The molecule has 68 valence electrons. The molecule has 0 N–H and O–H groups in total. The van der Waals surface area contributed by atoms with Gasteiger partial charge in [0.2, 0.25) is 5.24 Å². The summed E-state index contributed by atoms with van der Waals surface area (Å²) >= 11 is 5.54. The van der Waals surface area contributed by atoms with Crippen LogP contribution in [0, 0.1) is 11.8 Å². The van der Waals surface area contributed by atoms with Crippen molar-refractivity contribution in [1.29, 1.82) is 0 Å². The highest BCUT2D eigenvalue weighted by molar-refractivity contribution is 6.64. The van der Waals surface area contributed by atoms with Crippen LogP contribution in [-0.2, 0) is 4.79 Å². The van der Waals surface area contributed by atoms with Gasteiger partial charge in [0.25, 0.3) is 0 Å². The molecule has 0 heterocycles. The molecule has 0 unspecified atom stereocenters. The van der Waals surface area contributed by atoms with Crippen molar-refractivity contribution < 1.29 is 4.79 Å². The van der Waals surface area contributed by atoms with E-state index in [2.05, 4.69) is 20.8 Å². The van der Waals surface area contributed by atoms with Crippen LogP contribution < -0.4 is 0 Å². The van der Waals surface area contributed by atoms with Crippen LogP contribution >= 0.6 is 11.6 Å². The molecule has 0 aliphatic heterocycles. The van der Waals surface area contributed by atoms with Gasteiger partial charge in [0.1, 0.15) is 0 Å². The van der Waals surface area contributed by atoms with Crippen LogP contribution in [0.25, 0.3) is 0 Å². The standard InChI is InChI=1S/C10H15ClO/c1-6(2)8-5-4-7(3)9(8)10(11)12/h7,9H,4-5H2,1-3H3/t7-,9+/m1/s1. The number of halogens is 1. The lowest BCUT2D eigenvalue weighted by Crippen LogP contribution is -2.13. The van der Waals surface area contributed by atoms with Gasteiger partial charge in [-0.25, -0.2) is 0 Å². The number of carbonyl (C=O) groups excluding carboxylic acids is 1. The van der Waals surface area contributed by atoms with Crippen molar-refractivity contribution in [3.8, 4) is 0 Å². The summed E-state index contributed by atoms with van der Waals surface area (Å²) in [6.07, 6.45) is 2.15. The highest BCUT2D eigenvalue weighted by Crippen LogP contribution is 2.39. The first-order valence-electron chi connectivity index (χ1n) is 4.39. The van der Waals surface area contributed by atoms with Gasteiger partial charge in [-0.15, -0.1) is 0 Å². The Morgan fingerprint density at radius 3 is 2.42 bits per heavy atom. The Bertz CT molecular complexity index is 226. The summed E-state index contributed by atoms with van der Waals surface area (Å²) in [7, 11) is 0. The number of allylic oxidation sites excluding steroid dienone is 2. The second-order valence-corrected chi connectivity index (χ2v) is 4.20. The smallest absolute Gasteiger partial charge is 0.229 e. The third-order valence-corrected chi connectivity index (χ3v) is 2.94. The molecular formula is C10H15ClO. The molecule has 12 heavy (non-hydrogen) atoms. The summed E-state index contributed by atoms with van der Waals surface area (Å²) in [6.45, 7) is 6.21. The third kappa shape index (κ3) is 1.71. The van der Waals surface area contributed by atoms with E-state index in [-0.39, 0.29) is 11.2 Å². The maximum atomic E-state index is 11.1. The zero-order valence-electron chi connectivity index (χ0n) is 7.86. The van der Waals surface area contributed by atoms with Crippen molar-refractivity contribution in [2.75, 3.05) is 0 Å². The topological polar surface area (TPSA) is 17.1 Å². The highest BCUT2D eigenvalue weighted by Gasteiger charge is 2.33. The monoisotopic (exact) mass is 186 g/mol. The fraction of sp³-hybridized carbons (Fsp3) is 0.700. The molecule has 1 rings (SSSR count). The summed E-state index contributed by atoms with van der Waals surface area (Å²) in [5.41, 5.74) is 2.53. The fourth-order valence-electron chi connectivity index (χ4n) is 1.97. The number of hydrogen-bond acceptors (Lipinski definition) is 1. The van der Waals surface area contributed by atoms with Crippen LogP contribution in [0.3, 0.4) is 0 Å². The molecule has 1 aliphatic rings. The molecule has 0 aromatic carbocycles. The predicted molar refractivity (Wildman–Crippen MR) is 51.1 cm³/mol. The highest BCUT2D eigenvalue weighted by atomic mass is 35.5. The summed E-state index contributed by atoms with van der Waals surface area (Å²) in [6, 6.07) is 0. The Balaban J connectivity index is 2.93. The van der Waals surface area contributed by atoms with Crippen LogP contribution in [0.2, 0.25) is 0 Å². The van der Waals surface area contributed by atoms with E-state index in [9.17, 15) is 4.79 Å². The average molecular weight is 187 g/mol. The Hall–Kier alpha value is -0.300. The zero-order chi connectivity index (χ0) is 9.30. The first-order chi connectivity index (χ1) is 5.54. The number of rotatable bonds is 1. The Labute approximate surface area is 78.8 Å². The molecule has 0 aromatic heterocycles. The molecule has 0 bridgehead atoms. The molecule has 0 amide bonds. The van der Waals surface area contributed by atoms with E-state index in [1.807, 2.05) is 0 Å². The lowest BCUT2D eigenvalue weighted by Gasteiger charge is -2.12. The number of carbonyl (C=O) groups is 1. The van der Waals surface area contributed by atoms with Crippen molar-refractivity contribution in [3.63, 3.8) is 0 Å². The summed E-state index contributed by atoms with van der Waals surface area (Å²) in [5, 5.41) is -0.184. The minimum absolute atomic E-state index is 0.00309. The molecule has 0 spiro atoms. The maximum absolute atomic E-state index is 11.1. The molecular weight excluding hydrogens is 172 g/mol. The molecule has 0 saturated heterocycles. The van der Waals surface area contributed by atoms with Gasteiger partial charge < -0.3 is 0 Å². The largest absolute Gasteiger partial charge is 0.281 e. The minimum Gasteiger partial charge on any atom is -0.281 e.